The van der Waals surface area contributed by atoms with Crippen LogP contribution in [0.4, 0.5) is 4.39 Å². The lowest BCUT2D eigenvalue weighted by Gasteiger charge is -2.37. The molecule has 0 aliphatic carbocycles. The number of aryl methyl sites for hydroxylation is 2. The lowest BCUT2D eigenvalue weighted by atomic mass is 9.89. The van der Waals surface area contributed by atoms with Gasteiger partial charge in [-0.05, 0) is 61.2 Å². The zero-order valence-corrected chi connectivity index (χ0v) is 16.7. The highest BCUT2D eigenvalue weighted by atomic mass is 32.2. The molecule has 0 bridgehead atoms. The average molecular weight is 395 g/mol. The first-order chi connectivity index (χ1) is 13.4. The van der Waals surface area contributed by atoms with Gasteiger partial charge in [0.1, 0.15) is 5.82 Å². The van der Waals surface area contributed by atoms with Crippen molar-refractivity contribution in [2.45, 2.75) is 31.2 Å². The molecule has 1 aliphatic rings. The molecule has 0 amide bonds. The van der Waals surface area contributed by atoms with Crippen LogP contribution in [0.3, 0.4) is 0 Å². The maximum absolute atomic E-state index is 14.0. The molecule has 1 atom stereocenters. The van der Waals surface area contributed by atoms with Gasteiger partial charge in [0.15, 0.2) is 0 Å². The molecule has 28 heavy (non-hydrogen) atoms. The predicted molar refractivity (Wildman–Crippen MR) is 108 cm³/mol. The average Bonchev–Trinajstić information content (AvgIpc) is 2.67. The molecule has 5 heteroatoms. The van der Waals surface area contributed by atoms with Gasteiger partial charge in [-0.15, -0.1) is 0 Å². The number of rotatable bonds is 3. The zero-order chi connectivity index (χ0) is 19.9. The highest BCUT2D eigenvalue weighted by molar-refractivity contribution is 7.89. The summed E-state index contributed by atoms with van der Waals surface area (Å²) in [7, 11) is -3.73. The maximum atomic E-state index is 14.0. The number of hydrogen-bond donors (Lipinski definition) is 0. The van der Waals surface area contributed by atoms with Crippen LogP contribution in [0.2, 0.25) is 0 Å². The molecule has 0 aromatic heterocycles. The highest BCUT2D eigenvalue weighted by Gasteiger charge is 2.37. The van der Waals surface area contributed by atoms with Crippen molar-refractivity contribution in [1.82, 2.24) is 4.31 Å². The fourth-order valence-electron chi connectivity index (χ4n) is 3.86. The Morgan fingerprint density at radius 2 is 1.64 bits per heavy atom. The summed E-state index contributed by atoms with van der Waals surface area (Å²) in [6.07, 6.45) is 0.633. The lowest BCUT2D eigenvalue weighted by Crippen LogP contribution is -2.40. The molecule has 0 spiro atoms. The summed E-state index contributed by atoms with van der Waals surface area (Å²) in [5.41, 5.74) is 4.80. The van der Waals surface area contributed by atoms with Crippen molar-refractivity contribution in [2.75, 3.05) is 6.54 Å². The fourth-order valence-corrected chi connectivity index (χ4v) is 5.46. The van der Waals surface area contributed by atoms with Crippen molar-refractivity contribution in [3.05, 3.63) is 100 Å². The van der Waals surface area contributed by atoms with E-state index in [0.29, 0.717) is 18.5 Å². The van der Waals surface area contributed by atoms with Crippen LogP contribution in [0.25, 0.3) is 0 Å². The smallest absolute Gasteiger partial charge is 0.207 e. The summed E-state index contributed by atoms with van der Waals surface area (Å²) in [6.45, 7) is 4.30. The predicted octanol–water partition coefficient (Wildman–Crippen LogP) is 4.78. The molecule has 4 rings (SSSR count). The second kappa shape index (κ2) is 7.15. The third-order valence-electron chi connectivity index (χ3n) is 5.27. The largest absolute Gasteiger partial charge is 0.243 e. The molecule has 0 saturated carbocycles. The van der Waals surface area contributed by atoms with E-state index in [1.54, 1.807) is 36.4 Å². The molecule has 1 aliphatic heterocycles. The van der Waals surface area contributed by atoms with Crippen LogP contribution in [-0.4, -0.2) is 19.3 Å². The molecule has 1 unspecified atom stereocenters. The van der Waals surface area contributed by atoms with E-state index in [2.05, 4.69) is 6.07 Å². The monoisotopic (exact) mass is 395 g/mol. The molecule has 1 heterocycles. The Balaban J connectivity index is 1.88. The van der Waals surface area contributed by atoms with E-state index in [1.807, 2.05) is 26.0 Å². The van der Waals surface area contributed by atoms with E-state index in [1.165, 1.54) is 16.4 Å². The Kier molecular flexibility index (Phi) is 4.81. The molecule has 0 N–H and O–H groups in total. The molecule has 3 aromatic carbocycles. The van der Waals surface area contributed by atoms with E-state index >= 15 is 0 Å². The number of benzene rings is 3. The third-order valence-corrected chi connectivity index (χ3v) is 7.15. The van der Waals surface area contributed by atoms with Gasteiger partial charge in [0.05, 0.1) is 10.9 Å². The van der Waals surface area contributed by atoms with Crippen molar-refractivity contribution in [3.63, 3.8) is 0 Å². The Morgan fingerprint density at radius 3 is 2.36 bits per heavy atom. The zero-order valence-electron chi connectivity index (χ0n) is 15.9. The van der Waals surface area contributed by atoms with Crippen LogP contribution in [0.15, 0.2) is 71.6 Å². The summed E-state index contributed by atoms with van der Waals surface area (Å²) >= 11 is 0. The first-order valence-electron chi connectivity index (χ1n) is 9.30. The second-order valence-corrected chi connectivity index (χ2v) is 9.23. The number of hydrogen-bond acceptors (Lipinski definition) is 2. The summed E-state index contributed by atoms with van der Waals surface area (Å²) < 4.78 is 42.4. The van der Waals surface area contributed by atoms with Gasteiger partial charge in [-0.25, -0.2) is 12.8 Å². The topological polar surface area (TPSA) is 37.4 Å². The normalized spacial score (nSPS) is 17.3. The fraction of sp³-hybridized carbons (Fsp3) is 0.217. The first-order valence-corrected chi connectivity index (χ1v) is 10.7. The van der Waals surface area contributed by atoms with Crippen molar-refractivity contribution in [1.29, 1.82) is 0 Å². The SMILES string of the molecule is Cc1ccc(S(=O)(=O)N2CCc3cc(C)ccc3C2c2cccc(F)c2)cc1. The molecule has 0 saturated heterocycles. The van der Waals surface area contributed by atoms with Crippen LogP contribution >= 0.6 is 0 Å². The van der Waals surface area contributed by atoms with E-state index in [4.69, 9.17) is 0 Å². The van der Waals surface area contributed by atoms with E-state index in [9.17, 15) is 12.8 Å². The minimum absolute atomic E-state index is 0.259. The lowest BCUT2D eigenvalue weighted by molar-refractivity contribution is 0.343. The van der Waals surface area contributed by atoms with Crippen LogP contribution in [0.1, 0.15) is 33.9 Å². The van der Waals surface area contributed by atoms with Crippen LogP contribution < -0.4 is 0 Å². The number of fused-ring (bicyclic) bond motifs is 1. The minimum Gasteiger partial charge on any atom is -0.207 e. The van der Waals surface area contributed by atoms with Crippen molar-refractivity contribution < 1.29 is 12.8 Å². The molecule has 3 nitrogen and oxygen atoms in total. The molecule has 0 radical (unpaired) electrons. The van der Waals surface area contributed by atoms with Crippen molar-refractivity contribution in [3.8, 4) is 0 Å². The molecular formula is C23H22FNO2S. The molecular weight excluding hydrogens is 373 g/mol. The van der Waals surface area contributed by atoms with Gasteiger partial charge < -0.3 is 0 Å². The Labute approximate surface area is 165 Å². The van der Waals surface area contributed by atoms with Crippen LogP contribution in [0, 0.1) is 19.7 Å². The van der Waals surface area contributed by atoms with Gasteiger partial charge in [-0.1, -0.05) is 53.6 Å². The third kappa shape index (κ3) is 3.36. The van der Waals surface area contributed by atoms with E-state index in [-0.39, 0.29) is 10.7 Å². The Hall–Kier alpha value is -2.50. The Bertz CT molecular complexity index is 1120. The number of nitrogens with zero attached hydrogens (tertiary/aromatic N) is 1. The van der Waals surface area contributed by atoms with Gasteiger partial charge in [0.25, 0.3) is 0 Å². The number of sulfonamides is 1. The van der Waals surface area contributed by atoms with Gasteiger partial charge in [-0.3, -0.25) is 0 Å². The summed E-state index contributed by atoms with van der Waals surface area (Å²) in [6, 6.07) is 18.6. The van der Waals surface area contributed by atoms with Crippen molar-refractivity contribution in [2.24, 2.45) is 0 Å². The second-order valence-electron chi connectivity index (χ2n) is 7.34. The Morgan fingerprint density at radius 1 is 0.929 bits per heavy atom. The van der Waals surface area contributed by atoms with Gasteiger partial charge in [-0.2, -0.15) is 4.31 Å². The summed E-state index contributed by atoms with van der Waals surface area (Å²) in [5.74, 6) is -0.371. The maximum Gasteiger partial charge on any atom is 0.243 e. The van der Waals surface area contributed by atoms with Gasteiger partial charge in [0, 0.05) is 6.54 Å². The molecule has 0 fully saturated rings. The molecule has 3 aromatic rings. The van der Waals surface area contributed by atoms with Crippen LogP contribution in [-0.2, 0) is 16.4 Å². The highest BCUT2D eigenvalue weighted by Crippen LogP contribution is 2.39. The minimum atomic E-state index is -3.73. The van der Waals surface area contributed by atoms with E-state index < -0.39 is 16.1 Å². The number of halogens is 1. The quantitative estimate of drug-likeness (QED) is 0.640. The summed E-state index contributed by atoms with van der Waals surface area (Å²) in [4.78, 5) is 0.259. The van der Waals surface area contributed by atoms with Crippen molar-refractivity contribution >= 4 is 10.0 Å². The van der Waals surface area contributed by atoms with E-state index in [0.717, 1.165) is 22.3 Å². The van der Waals surface area contributed by atoms with Gasteiger partial charge >= 0.3 is 0 Å². The van der Waals surface area contributed by atoms with Gasteiger partial charge in [0.2, 0.25) is 10.0 Å². The molecule has 144 valence electrons. The van der Waals surface area contributed by atoms with Crippen LogP contribution in [0.5, 0.6) is 0 Å². The standard InChI is InChI=1S/C23H22FNO2S/c1-16-6-9-21(10-7-16)28(26,27)25-13-12-18-14-17(2)8-11-22(18)23(25)19-4-3-5-20(24)15-19/h3-11,14-15,23H,12-13H2,1-2H3. The summed E-state index contributed by atoms with van der Waals surface area (Å²) in [5, 5.41) is 0. The first kappa shape index (κ1) is 18.8.